The van der Waals surface area contributed by atoms with E-state index in [1.54, 1.807) is 0 Å². The fourth-order valence-corrected chi connectivity index (χ4v) is 0.0707. The fraction of sp³-hybridized carbons (Fsp3) is 1.00. The third-order valence-electron chi connectivity index (χ3n) is 0.416. The summed E-state index contributed by atoms with van der Waals surface area (Å²) in [7, 11) is 0. The Morgan fingerprint density at radius 2 is 0.750 bits per heavy atom. The van der Waals surface area contributed by atoms with Crippen molar-refractivity contribution < 1.29 is 30.6 Å². The minimum Gasteiger partial charge on any atom is -0.396 e. The highest BCUT2D eigenvalue weighted by Crippen LogP contribution is 1.65. The predicted molar refractivity (Wildman–Crippen MR) is 42.3 cm³/mol. The van der Waals surface area contributed by atoms with Crippen LogP contribution in [0, 0.1) is 0 Å². The molecule has 0 aliphatic carbocycles. The van der Waals surface area contributed by atoms with E-state index in [9.17, 15) is 0 Å². The van der Waals surface area contributed by atoms with Gasteiger partial charge in [-0.15, -0.1) is 0 Å². The van der Waals surface area contributed by atoms with Gasteiger partial charge in [0, 0.05) is 13.2 Å². The molecule has 0 amide bonds. The Labute approximate surface area is 71.3 Å². The molecule has 0 radical (unpaired) electrons. The minimum atomic E-state index is -0.750. The van der Waals surface area contributed by atoms with E-state index in [0.717, 1.165) is 0 Å². The van der Waals surface area contributed by atoms with Gasteiger partial charge in [-0.1, -0.05) is 0 Å². The molecule has 0 heterocycles. The summed E-state index contributed by atoms with van der Waals surface area (Å²) < 4.78 is 0. The largest absolute Gasteiger partial charge is 0.396 e. The minimum absolute atomic E-state index is 0.0938. The van der Waals surface area contributed by atoms with Crippen LogP contribution in [-0.4, -0.2) is 63.9 Å². The monoisotopic (exact) mass is 186 g/mol. The molecular formula is C6H18O6. The maximum Gasteiger partial charge on any atom is 0.140 e. The van der Waals surface area contributed by atoms with Gasteiger partial charge in [-0.3, -0.25) is 0 Å². The van der Waals surface area contributed by atoms with Crippen LogP contribution in [0.2, 0.25) is 0 Å². The van der Waals surface area contributed by atoms with E-state index in [0.29, 0.717) is 6.42 Å². The van der Waals surface area contributed by atoms with E-state index < -0.39 is 6.79 Å². The first-order valence-electron chi connectivity index (χ1n) is 3.40. The summed E-state index contributed by atoms with van der Waals surface area (Å²) in [5.41, 5.74) is 0. The van der Waals surface area contributed by atoms with E-state index >= 15 is 0 Å². The van der Waals surface area contributed by atoms with Gasteiger partial charge in [0.05, 0.1) is 13.2 Å². The zero-order valence-electron chi connectivity index (χ0n) is 6.93. The van der Waals surface area contributed by atoms with Crippen molar-refractivity contribution in [1.82, 2.24) is 0 Å². The van der Waals surface area contributed by atoms with Gasteiger partial charge in [-0.2, -0.15) is 0 Å². The zero-order valence-corrected chi connectivity index (χ0v) is 6.93. The summed E-state index contributed by atoms with van der Waals surface area (Å²) >= 11 is 0. The second-order valence-corrected chi connectivity index (χ2v) is 1.39. The standard InChI is InChI=1S/C3H8O2.C2H6O2.CH4O2/c4-2-1-3-5;3-1-2-4;2-1-3/h4-5H,1-3H2;3-4H,1-2H2;2-3H,1H2. The molecule has 0 unspecified atom stereocenters. The van der Waals surface area contributed by atoms with Crippen LogP contribution in [0.15, 0.2) is 0 Å². The summed E-state index contributed by atoms with van der Waals surface area (Å²) in [6.45, 7) is -0.812. The van der Waals surface area contributed by atoms with Crippen molar-refractivity contribution in [2.24, 2.45) is 0 Å². The van der Waals surface area contributed by atoms with Gasteiger partial charge in [0.15, 0.2) is 0 Å². The Hall–Kier alpha value is -0.240. The molecule has 6 N–H and O–H groups in total. The average molecular weight is 186 g/mol. The fourth-order valence-electron chi connectivity index (χ4n) is 0.0707. The maximum atomic E-state index is 7.91. The average Bonchev–Trinajstić information content (AvgIpc) is 2.08. The van der Waals surface area contributed by atoms with Crippen molar-refractivity contribution in [3.05, 3.63) is 0 Å². The van der Waals surface area contributed by atoms with Crippen LogP contribution in [0.25, 0.3) is 0 Å². The van der Waals surface area contributed by atoms with E-state index in [4.69, 9.17) is 30.6 Å². The molecule has 78 valence electrons. The van der Waals surface area contributed by atoms with Gasteiger partial charge >= 0.3 is 0 Å². The Morgan fingerprint density at radius 3 is 0.750 bits per heavy atom. The van der Waals surface area contributed by atoms with Crippen molar-refractivity contribution in [2.45, 2.75) is 6.42 Å². The van der Waals surface area contributed by atoms with Crippen molar-refractivity contribution in [2.75, 3.05) is 33.2 Å². The molecule has 0 aliphatic rings. The third-order valence-corrected chi connectivity index (χ3v) is 0.416. The van der Waals surface area contributed by atoms with Gasteiger partial charge in [0.2, 0.25) is 0 Å². The Balaban J connectivity index is -0.000000105. The first kappa shape index (κ1) is 17.7. The van der Waals surface area contributed by atoms with Crippen LogP contribution < -0.4 is 0 Å². The maximum absolute atomic E-state index is 7.91. The van der Waals surface area contributed by atoms with Gasteiger partial charge < -0.3 is 30.6 Å². The number of aliphatic hydroxyl groups is 6. The Bertz CT molecular complexity index is 39.0. The van der Waals surface area contributed by atoms with Gasteiger partial charge in [-0.05, 0) is 6.42 Å². The van der Waals surface area contributed by atoms with Crippen molar-refractivity contribution in [3.63, 3.8) is 0 Å². The summed E-state index contributed by atoms with van der Waals surface area (Å²) in [6, 6.07) is 0. The molecule has 0 aromatic heterocycles. The molecule has 0 aromatic rings. The Morgan fingerprint density at radius 1 is 0.500 bits per heavy atom. The number of aliphatic hydroxyl groups excluding tert-OH is 5. The number of rotatable bonds is 3. The van der Waals surface area contributed by atoms with E-state index in [1.165, 1.54) is 0 Å². The molecule has 6 heteroatoms. The van der Waals surface area contributed by atoms with Crippen molar-refractivity contribution >= 4 is 0 Å². The van der Waals surface area contributed by atoms with Crippen LogP contribution in [0.4, 0.5) is 0 Å². The van der Waals surface area contributed by atoms with Crippen molar-refractivity contribution in [3.8, 4) is 0 Å². The van der Waals surface area contributed by atoms with Crippen LogP contribution in [-0.2, 0) is 0 Å². The molecule has 0 aliphatic heterocycles. The lowest BCUT2D eigenvalue weighted by Crippen LogP contribution is -1.85. The molecule has 0 rings (SSSR count). The van der Waals surface area contributed by atoms with Crippen LogP contribution in [0.5, 0.6) is 0 Å². The molecule has 0 saturated carbocycles. The second-order valence-electron chi connectivity index (χ2n) is 1.39. The molecule has 0 spiro atoms. The normalized spacial score (nSPS) is 7.50. The molecule has 0 saturated heterocycles. The summed E-state index contributed by atoms with van der Waals surface area (Å²) in [4.78, 5) is 0. The summed E-state index contributed by atoms with van der Waals surface area (Å²) in [5, 5.41) is 45.3. The zero-order chi connectivity index (χ0) is 10.2. The SMILES string of the molecule is OCCCO.OCCO.OCO. The highest BCUT2D eigenvalue weighted by Gasteiger charge is 1.70. The van der Waals surface area contributed by atoms with E-state index in [1.807, 2.05) is 0 Å². The molecule has 0 bridgehead atoms. The highest BCUT2D eigenvalue weighted by atomic mass is 16.5. The molecule has 6 nitrogen and oxygen atoms in total. The molecule has 0 fully saturated rings. The van der Waals surface area contributed by atoms with Crippen molar-refractivity contribution in [1.29, 1.82) is 0 Å². The first-order chi connectivity index (χ1) is 5.74. The first-order valence-corrected chi connectivity index (χ1v) is 3.40. The molecule has 12 heavy (non-hydrogen) atoms. The molecule has 0 aromatic carbocycles. The number of hydrogen-bond donors (Lipinski definition) is 6. The topological polar surface area (TPSA) is 121 Å². The molecule has 0 atom stereocenters. The van der Waals surface area contributed by atoms with Gasteiger partial charge in [0.1, 0.15) is 6.79 Å². The molecular weight excluding hydrogens is 168 g/mol. The summed E-state index contributed by atoms with van der Waals surface area (Å²) in [5.74, 6) is 0. The van der Waals surface area contributed by atoms with E-state index in [-0.39, 0.29) is 26.4 Å². The third kappa shape index (κ3) is 98.3. The highest BCUT2D eigenvalue weighted by molar-refractivity contribution is 4.22. The lowest BCUT2D eigenvalue weighted by molar-refractivity contribution is 0.0773. The van der Waals surface area contributed by atoms with Crippen LogP contribution >= 0.6 is 0 Å². The Kier molecular flexibility index (Phi) is 45.7. The number of hydrogen-bond acceptors (Lipinski definition) is 6. The van der Waals surface area contributed by atoms with Crippen LogP contribution in [0.3, 0.4) is 0 Å². The van der Waals surface area contributed by atoms with Gasteiger partial charge in [0.25, 0.3) is 0 Å². The lowest BCUT2D eigenvalue weighted by atomic mass is 10.5. The summed E-state index contributed by atoms with van der Waals surface area (Å²) in [6.07, 6.45) is 0.500. The second kappa shape index (κ2) is 30.9. The smallest absolute Gasteiger partial charge is 0.140 e. The quantitative estimate of drug-likeness (QED) is 0.266. The van der Waals surface area contributed by atoms with Crippen LogP contribution in [0.1, 0.15) is 6.42 Å². The van der Waals surface area contributed by atoms with E-state index in [2.05, 4.69) is 0 Å². The van der Waals surface area contributed by atoms with Gasteiger partial charge in [-0.25, -0.2) is 0 Å². The predicted octanol–water partition coefficient (Wildman–Crippen LogP) is -2.74. The lowest BCUT2D eigenvalue weighted by Gasteiger charge is -1.79.